The summed E-state index contributed by atoms with van der Waals surface area (Å²) in [6.45, 7) is 8.38. The lowest BCUT2D eigenvalue weighted by molar-refractivity contribution is 0.195. The summed E-state index contributed by atoms with van der Waals surface area (Å²) < 4.78 is 0. The first-order valence-electron chi connectivity index (χ1n) is 8.15. The van der Waals surface area contributed by atoms with Crippen LogP contribution in [0.2, 0.25) is 0 Å². The third-order valence-electron chi connectivity index (χ3n) is 5.17. The lowest BCUT2D eigenvalue weighted by atomic mass is 9.73. The molecule has 116 valence electrons. The molecule has 22 heavy (non-hydrogen) atoms. The van der Waals surface area contributed by atoms with Crippen molar-refractivity contribution in [2.75, 3.05) is 13.1 Å². The molecule has 1 saturated heterocycles. The zero-order valence-electron chi connectivity index (χ0n) is 13.2. The predicted octanol–water partition coefficient (Wildman–Crippen LogP) is 3.28. The van der Waals surface area contributed by atoms with E-state index in [-0.39, 0.29) is 6.04 Å². The summed E-state index contributed by atoms with van der Waals surface area (Å²) in [6.07, 6.45) is 5.12. The molecule has 0 amide bonds. The summed E-state index contributed by atoms with van der Waals surface area (Å²) in [6, 6.07) is 10.4. The Kier molecular flexibility index (Phi) is 4.55. The van der Waals surface area contributed by atoms with E-state index in [9.17, 15) is 0 Å². The minimum atomic E-state index is 0.0263. The van der Waals surface area contributed by atoms with Crippen molar-refractivity contribution in [2.24, 2.45) is 23.5 Å². The maximum absolute atomic E-state index is 6.67. The first kappa shape index (κ1) is 15.2. The molecule has 3 N–H and O–H groups in total. The quantitative estimate of drug-likeness (QED) is 0.851. The van der Waals surface area contributed by atoms with Crippen LogP contribution >= 0.6 is 0 Å². The van der Waals surface area contributed by atoms with Crippen LogP contribution in [0.1, 0.15) is 24.9 Å². The van der Waals surface area contributed by atoms with Crippen LogP contribution in [0.25, 0.3) is 10.9 Å². The molecule has 0 spiro atoms. The van der Waals surface area contributed by atoms with Crippen molar-refractivity contribution in [3.8, 4) is 0 Å². The van der Waals surface area contributed by atoms with Gasteiger partial charge in [0, 0.05) is 24.2 Å². The molecule has 4 unspecified atom stereocenters. The van der Waals surface area contributed by atoms with Crippen LogP contribution in [-0.4, -0.2) is 18.1 Å². The highest BCUT2D eigenvalue weighted by Crippen LogP contribution is 2.36. The number of pyridine rings is 1. The Morgan fingerprint density at radius 1 is 1.36 bits per heavy atom. The highest BCUT2D eigenvalue weighted by Gasteiger charge is 2.31. The Bertz CT molecular complexity index is 647. The number of nitrogens with two attached hydrogens (primary N) is 1. The molecular formula is C19H25N3. The van der Waals surface area contributed by atoms with Crippen LogP contribution in [0.5, 0.6) is 0 Å². The zero-order chi connectivity index (χ0) is 15.5. The molecule has 4 atom stereocenters. The largest absolute Gasteiger partial charge is 0.324 e. The van der Waals surface area contributed by atoms with E-state index in [1.807, 2.05) is 18.3 Å². The minimum Gasteiger partial charge on any atom is -0.324 e. The van der Waals surface area contributed by atoms with E-state index in [4.69, 9.17) is 5.73 Å². The van der Waals surface area contributed by atoms with E-state index in [2.05, 4.69) is 48.1 Å². The molecule has 1 aromatic carbocycles. The number of piperidine rings is 1. The lowest BCUT2D eigenvalue weighted by Crippen LogP contribution is -2.41. The Morgan fingerprint density at radius 3 is 3.00 bits per heavy atom. The van der Waals surface area contributed by atoms with Gasteiger partial charge in [0.2, 0.25) is 0 Å². The number of fused-ring (bicyclic) bond motifs is 1. The van der Waals surface area contributed by atoms with Crippen molar-refractivity contribution in [1.82, 2.24) is 10.3 Å². The monoisotopic (exact) mass is 295 g/mol. The van der Waals surface area contributed by atoms with Gasteiger partial charge in [0.25, 0.3) is 0 Å². The molecule has 2 heterocycles. The van der Waals surface area contributed by atoms with Crippen molar-refractivity contribution >= 4 is 10.9 Å². The van der Waals surface area contributed by atoms with Gasteiger partial charge in [-0.25, -0.2) is 0 Å². The number of aromatic nitrogens is 1. The van der Waals surface area contributed by atoms with Gasteiger partial charge in [0.1, 0.15) is 0 Å². The standard InChI is InChI=1S/C19H25N3/c1-3-14-12-21-10-8-15(14)13(2)19(20)17-9-11-22-18-7-5-4-6-16(17)18/h3-7,9,11,13-15,19,21H,1,8,10,12,20H2,2H3. The van der Waals surface area contributed by atoms with Gasteiger partial charge in [-0.15, -0.1) is 6.58 Å². The number of nitrogens with one attached hydrogen (secondary N) is 1. The second kappa shape index (κ2) is 6.59. The van der Waals surface area contributed by atoms with Crippen LogP contribution in [0, 0.1) is 17.8 Å². The Labute approximate surface area is 132 Å². The fourth-order valence-electron chi connectivity index (χ4n) is 3.77. The first-order valence-corrected chi connectivity index (χ1v) is 8.15. The minimum absolute atomic E-state index is 0.0263. The first-order chi connectivity index (χ1) is 10.7. The van der Waals surface area contributed by atoms with Crippen molar-refractivity contribution in [3.05, 3.63) is 54.7 Å². The van der Waals surface area contributed by atoms with Crippen LogP contribution in [0.3, 0.4) is 0 Å². The summed E-state index contributed by atoms with van der Waals surface area (Å²) in [5.41, 5.74) is 8.90. The van der Waals surface area contributed by atoms with Crippen LogP contribution in [0.4, 0.5) is 0 Å². The molecule has 3 rings (SSSR count). The molecule has 0 saturated carbocycles. The number of hydrogen-bond donors (Lipinski definition) is 2. The van der Waals surface area contributed by atoms with E-state index in [0.29, 0.717) is 17.8 Å². The maximum atomic E-state index is 6.67. The molecule has 3 heteroatoms. The molecule has 1 aromatic heterocycles. The van der Waals surface area contributed by atoms with Gasteiger partial charge < -0.3 is 11.1 Å². The molecule has 3 nitrogen and oxygen atoms in total. The molecular weight excluding hydrogens is 270 g/mol. The van der Waals surface area contributed by atoms with Gasteiger partial charge in [-0.2, -0.15) is 0 Å². The second-order valence-electron chi connectivity index (χ2n) is 6.36. The van der Waals surface area contributed by atoms with E-state index in [1.54, 1.807) is 0 Å². The molecule has 0 aliphatic carbocycles. The topological polar surface area (TPSA) is 50.9 Å². The summed E-state index contributed by atoms with van der Waals surface area (Å²) >= 11 is 0. The number of para-hydroxylation sites is 1. The average Bonchev–Trinajstić information content (AvgIpc) is 2.60. The van der Waals surface area contributed by atoms with Gasteiger partial charge in [-0.05, 0) is 48.4 Å². The molecule has 1 aliphatic rings. The van der Waals surface area contributed by atoms with Crippen LogP contribution < -0.4 is 11.1 Å². The highest BCUT2D eigenvalue weighted by molar-refractivity contribution is 5.82. The van der Waals surface area contributed by atoms with E-state index >= 15 is 0 Å². The number of nitrogens with zero attached hydrogens (tertiary/aromatic N) is 1. The summed E-state index contributed by atoms with van der Waals surface area (Å²) in [5.74, 6) is 1.50. The molecule has 2 aromatic rings. The summed E-state index contributed by atoms with van der Waals surface area (Å²) in [7, 11) is 0. The van der Waals surface area contributed by atoms with Crippen LogP contribution in [0.15, 0.2) is 49.2 Å². The molecule has 1 aliphatic heterocycles. The van der Waals surface area contributed by atoms with Crippen molar-refractivity contribution in [3.63, 3.8) is 0 Å². The second-order valence-corrected chi connectivity index (χ2v) is 6.36. The predicted molar refractivity (Wildman–Crippen MR) is 92.5 cm³/mol. The van der Waals surface area contributed by atoms with Crippen LogP contribution in [-0.2, 0) is 0 Å². The Morgan fingerprint density at radius 2 is 2.18 bits per heavy atom. The van der Waals surface area contributed by atoms with E-state index < -0.39 is 0 Å². The summed E-state index contributed by atoms with van der Waals surface area (Å²) in [5, 5.41) is 4.63. The summed E-state index contributed by atoms with van der Waals surface area (Å²) in [4.78, 5) is 4.45. The highest BCUT2D eigenvalue weighted by atomic mass is 14.9. The van der Waals surface area contributed by atoms with E-state index in [1.165, 1.54) is 10.9 Å². The molecule has 0 bridgehead atoms. The van der Waals surface area contributed by atoms with Gasteiger partial charge >= 0.3 is 0 Å². The Balaban J connectivity index is 1.91. The fraction of sp³-hybridized carbons (Fsp3) is 0.421. The Hall–Kier alpha value is -1.71. The van der Waals surface area contributed by atoms with Crippen molar-refractivity contribution in [2.45, 2.75) is 19.4 Å². The van der Waals surface area contributed by atoms with Gasteiger partial charge in [-0.3, -0.25) is 4.98 Å². The van der Waals surface area contributed by atoms with Gasteiger partial charge in [0.05, 0.1) is 5.52 Å². The third kappa shape index (κ3) is 2.79. The van der Waals surface area contributed by atoms with Crippen molar-refractivity contribution < 1.29 is 0 Å². The maximum Gasteiger partial charge on any atom is 0.0705 e. The third-order valence-corrected chi connectivity index (χ3v) is 5.17. The normalized spacial score (nSPS) is 24.8. The van der Waals surface area contributed by atoms with Gasteiger partial charge in [-0.1, -0.05) is 31.2 Å². The smallest absolute Gasteiger partial charge is 0.0705 e. The molecule has 0 radical (unpaired) electrons. The number of rotatable bonds is 4. The molecule has 1 fully saturated rings. The lowest BCUT2D eigenvalue weighted by Gasteiger charge is -2.37. The van der Waals surface area contributed by atoms with Gasteiger partial charge in [0.15, 0.2) is 0 Å². The fourth-order valence-corrected chi connectivity index (χ4v) is 3.77. The zero-order valence-corrected chi connectivity index (χ0v) is 13.2. The number of hydrogen-bond acceptors (Lipinski definition) is 3. The number of benzene rings is 1. The SMILES string of the molecule is C=CC1CNCCC1C(C)C(N)c1ccnc2ccccc12. The average molecular weight is 295 g/mol. The van der Waals surface area contributed by atoms with E-state index in [0.717, 1.165) is 25.0 Å². The van der Waals surface area contributed by atoms with Crippen molar-refractivity contribution in [1.29, 1.82) is 0 Å².